The zero-order valence-electron chi connectivity index (χ0n) is 7.80. The van der Waals surface area contributed by atoms with Crippen molar-refractivity contribution >= 4 is 23.7 Å². The lowest BCUT2D eigenvalue weighted by Crippen LogP contribution is -2.23. The summed E-state index contributed by atoms with van der Waals surface area (Å²) in [6.07, 6.45) is 3.92. The standard InChI is InChI=1S/C9H12O4S/c1-3-5-6-7(10)13-9(8(11)12)14-4-2/h3,5-6,9H,1,4H2,2H3,(H,11,12). The van der Waals surface area contributed by atoms with Crippen molar-refractivity contribution in [3.8, 4) is 0 Å². The minimum Gasteiger partial charge on any atom is -0.478 e. The lowest BCUT2D eigenvalue weighted by Gasteiger charge is -2.09. The van der Waals surface area contributed by atoms with Crippen LogP contribution in [0.2, 0.25) is 0 Å². The van der Waals surface area contributed by atoms with E-state index in [-0.39, 0.29) is 0 Å². The molecule has 78 valence electrons. The normalized spacial score (nSPS) is 12.4. The Balaban J connectivity index is 4.15. The third-order valence-electron chi connectivity index (χ3n) is 1.11. The number of aliphatic carboxylic acids is 1. The SMILES string of the molecule is C=CC=CC(=O)OC(SCC)C(=O)O. The first kappa shape index (κ1) is 12.8. The molecule has 0 fully saturated rings. The first-order valence-corrected chi connectivity index (χ1v) is 5.00. The van der Waals surface area contributed by atoms with Gasteiger partial charge in [-0.25, -0.2) is 9.59 Å². The first-order chi connectivity index (χ1) is 6.61. The highest BCUT2D eigenvalue weighted by molar-refractivity contribution is 8.00. The third kappa shape index (κ3) is 5.42. The molecule has 1 atom stereocenters. The van der Waals surface area contributed by atoms with Crippen LogP contribution >= 0.6 is 11.8 Å². The molecule has 0 heterocycles. The molecule has 4 nitrogen and oxygen atoms in total. The van der Waals surface area contributed by atoms with E-state index in [1.54, 1.807) is 6.92 Å². The number of esters is 1. The smallest absolute Gasteiger partial charge is 0.355 e. The van der Waals surface area contributed by atoms with Gasteiger partial charge in [0.15, 0.2) is 0 Å². The van der Waals surface area contributed by atoms with Gasteiger partial charge in [-0.2, -0.15) is 0 Å². The van der Waals surface area contributed by atoms with E-state index >= 15 is 0 Å². The minimum absolute atomic E-state index is 0.565. The van der Waals surface area contributed by atoms with Gasteiger partial charge in [0.1, 0.15) is 0 Å². The molecule has 0 spiro atoms. The Morgan fingerprint density at radius 2 is 2.29 bits per heavy atom. The number of thioether (sulfide) groups is 1. The fourth-order valence-electron chi connectivity index (χ4n) is 0.598. The quantitative estimate of drug-likeness (QED) is 0.315. The summed E-state index contributed by atoms with van der Waals surface area (Å²) in [6, 6.07) is 0. The van der Waals surface area contributed by atoms with Crippen molar-refractivity contribution in [3.05, 3.63) is 24.8 Å². The molecule has 14 heavy (non-hydrogen) atoms. The third-order valence-corrected chi connectivity index (χ3v) is 2.05. The molecular weight excluding hydrogens is 204 g/mol. The van der Waals surface area contributed by atoms with Crippen LogP contribution in [0.5, 0.6) is 0 Å². The van der Waals surface area contributed by atoms with E-state index in [2.05, 4.69) is 11.3 Å². The number of hydrogen-bond acceptors (Lipinski definition) is 4. The number of rotatable bonds is 6. The fraction of sp³-hybridized carbons (Fsp3) is 0.333. The summed E-state index contributed by atoms with van der Waals surface area (Å²) in [6.45, 7) is 5.15. The lowest BCUT2D eigenvalue weighted by molar-refractivity contribution is -0.154. The van der Waals surface area contributed by atoms with Crippen LogP contribution in [0.1, 0.15) is 6.92 Å². The summed E-state index contributed by atoms with van der Waals surface area (Å²) in [5, 5.41) is 8.64. The summed E-state index contributed by atoms with van der Waals surface area (Å²) in [5.74, 6) is -1.27. The molecule has 0 saturated carbocycles. The Morgan fingerprint density at radius 3 is 2.71 bits per heavy atom. The Hall–Kier alpha value is -1.23. The van der Waals surface area contributed by atoms with Crippen molar-refractivity contribution < 1.29 is 19.4 Å². The monoisotopic (exact) mass is 216 g/mol. The zero-order valence-corrected chi connectivity index (χ0v) is 8.62. The average Bonchev–Trinajstić information content (AvgIpc) is 2.14. The predicted molar refractivity (Wildman–Crippen MR) is 55.0 cm³/mol. The van der Waals surface area contributed by atoms with Gasteiger partial charge in [0, 0.05) is 6.08 Å². The maximum Gasteiger partial charge on any atom is 0.355 e. The second-order valence-electron chi connectivity index (χ2n) is 2.16. The van der Waals surface area contributed by atoms with Gasteiger partial charge in [0.05, 0.1) is 0 Å². The van der Waals surface area contributed by atoms with Crippen LogP contribution in [-0.2, 0) is 14.3 Å². The summed E-state index contributed by atoms with van der Waals surface area (Å²) >= 11 is 1.04. The largest absolute Gasteiger partial charge is 0.478 e. The molecule has 1 N–H and O–H groups in total. The molecule has 0 rings (SSSR count). The number of carbonyl (C=O) groups is 2. The Morgan fingerprint density at radius 1 is 1.64 bits per heavy atom. The molecular formula is C9H12O4S. The van der Waals surface area contributed by atoms with Gasteiger partial charge in [-0.15, -0.1) is 11.8 Å². The predicted octanol–water partition coefficient (Wildman–Crippen LogP) is 1.44. The van der Waals surface area contributed by atoms with Gasteiger partial charge in [0.2, 0.25) is 5.44 Å². The second-order valence-corrected chi connectivity index (χ2v) is 3.50. The number of carbonyl (C=O) groups excluding carboxylic acids is 1. The number of carboxylic acid groups (broad SMARTS) is 1. The molecule has 0 aromatic carbocycles. The van der Waals surface area contributed by atoms with Crippen LogP contribution in [-0.4, -0.2) is 28.2 Å². The summed E-state index contributed by atoms with van der Waals surface area (Å²) in [4.78, 5) is 21.5. The topological polar surface area (TPSA) is 63.6 Å². The summed E-state index contributed by atoms with van der Waals surface area (Å²) < 4.78 is 4.64. The van der Waals surface area contributed by atoms with Crippen molar-refractivity contribution in [2.75, 3.05) is 5.75 Å². The number of ether oxygens (including phenoxy) is 1. The Kier molecular flexibility index (Phi) is 6.57. The molecule has 0 aromatic heterocycles. The van der Waals surface area contributed by atoms with Gasteiger partial charge in [0.25, 0.3) is 0 Å². The van der Waals surface area contributed by atoms with Gasteiger partial charge in [-0.05, 0) is 5.75 Å². The highest BCUT2D eigenvalue weighted by Gasteiger charge is 2.20. The Bertz CT molecular complexity index is 247. The van der Waals surface area contributed by atoms with E-state index in [1.807, 2.05) is 0 Å². The minimum atomic E-state index is -1.16. The summed E-state index contributed by atoms with van der Waals surface area (Å²) in [7, 11) is 0. The van der Waals surface area contributed by atoms with Crippen LogP contribution in [0.4, 0.5) is 0 Å². The van der Waals surface area contributed by atoms with Crippen molar-refractivity contribution in [2.45, 2.75) is 12.4 Å². The van der Waals surface area contributed by atoms with Crippen molar-refractivity contribution in [3.63, 3.8) is 0 Å². The molecule has 0 amide bonds. The maximum absolute atomic E-state index is 11.0. The van der Waals surface area contributed by atoms with Crippen molar-refractivity contribution in [1.29, 1.82) is 0 Å². The van der Waals surface area contributed by atoms with E-state index in [9.17, 15) is 9.59 Å². The molecule has 0 saturated heterocycles. The van der Waals surface area contributed by atoms with Crippen molar-refractivity contribution in [1.82, 2.24) is 0 Å². The van der Waals surface area contributed by atoms with E-state index < -0.39 is 17.4 Å². The van der Waals surface area contributed by atoms with Gasteiger partial charge < -0.3 is 9.84 Å². The van der Waals surface area contributed by atoms with Crippen LogP contribution in [0.3, 0.4) is 0 Å². The van der Waals surface area contributed by atoms with Gasteiger partial charge >= 0.3 is 11.9 Å². The molecule has 0 radical (unpaired) electrons. The second kappa shape index (κ2) is 7.20. The van der Waals surface area contributed by atoms with E-state index in [0.29, 0.717) is 5.75 Å². The van der Waals surface area contributed by atoms with Crippen LogP contribution in [0.25, 0.3) is 0 Å². The molecule has 0 aliphatic heterocycles. The molecule has 0 aliphatic rings. The van der Waals surface area contributed by atoms with Crippen molar-refractivity contribution in [2.24, 2.45) is 0 Å². The van der Waals surface area contributed by atoms with Crippen LogP contribution in [0, 0.1) is 0 Å². The van der Waals surface area contributed by atoms with E-state index in [4.69, 9.17) is 5.11 Å². The average molecular weight is 216 g/mol. The van der Waals surface area contributed by atoms with E-state index in [0.717, 1.165) is 17.8 Å². The first-order valence-electron chi connectivity index (χ1n) is 3.96. The summed E-state index contributed by atoms with van der Waals surface area (Å²) in [5.41, 5.74) is -1.14. The number of allylic oxidation sites excluding steroid dienone is 2. The highest BCUT2D eigenvalue weighted by Crippen LogP contribution is 2.12. The Labute approximate surface area is 86.6 Å². The zero-order chi connectivity index (χ0) is 11.0. The number of hydrogen-bond donors (Lipinski definition) is 1. The highest BCUT2D eigenvalue weighted by atomic mass is 32.2. The molecule has 5 heteroatoms. The van der Waals surface area contributed by atoms with Crippen LogP contribution < -0.4 is 0 Å². The lowest BCUT2D eigenvalue weighted by atomic mass is 10.5. The fourth-order valence-corrected chi connectivity index (χ4v) is 1.21. The maximum atomic E-state index is 11.0. The van der Waals surface area contributed by atoms with Gasteiger partial charge in [-0.3, -0.25) is 0 Å². The van der Waals surface area contributed by atoms with E-state index in [1.165, 1.54) is 12.2 Å². The number of carboxylic acids is 1. The van der Waals surface area contributed by atoms with Gasteiger partial charge in [-0.1, -0.05) is 25.7 Å². The molecule has 0 bridgehead atoms. The molecule has 1 unspecified atom stereocenters. The molecule has 0 aliphatic carbocycles. The molecule has 0 aromatic rings. The van der Waals surface area contributed by atoms with Crippen LogP contribution in [0.15, 0.2) is 24.8 Å².